The van der Waals surface area contributed by atoms with Gasteiger partial charge in [-0.25, -0.2) is 15.0 Å². The molecule has 0 saturated heterocycles. The van der Waals surface area contributed by atoms with Crippen LogP contribution < -0.4 is 0 Å². The zero-order valence-corrected chi connectivity index (χ0v) is 37.7. The minimum atomic E-state index is 0.604. The molecule has 0 radical (unpaired) electrons. The molecule has 0 atom stereocenters. The van der Waals surface area contributed by atoms with Gasteiger partial charge in [-0.3, -0.25) is 0 Å². The molecule has 15 aromatic rings. The maximum absolute atomic E-state index is 7.06. The van der Waals surface area contributed by atoms with Crippen molar-refractivity contribution in [3.05, 3.63) is 218 Å². The number of aromatic nitrogens is 4. The van der Waals surface area contributed by atoms with Crippen LogP contribution in [0.5, 0.6) is 0 Å². The van der Waals surface area contributed by atoms with E-state index in [1.165, 1.54) is 58.0 Å². The van der Waals surface area contributed by atoms with Gasteiger partial charge < -0.3 is 8.98 Å². The molecule has 320 valence electrons. The van der Waals surface area contributed by atoms with Crippen LogP contribution in [0.3, 0.4) is 0 Å². The molecule has 0 unspecified atom stereocenters. The Hall–Kier alpha value is -8.97. The summed E-state index contributed by atoms with van der Waals surface area (Å²) >= 11 is 1.81. The van der Waals surface area contributed by atoms with E-state index < -0.39 is 0 Å². The molecule has 0 aliphatic carbocycles. The number of benzene rings is 11. The molecule has 15 rings (SSSR count). The highest BCUT2D eigenvalue weighted by molar-refractivity contribution is 7.25. The molecule has 4 heterocycles. The van der Waals surface area contributed by atoms with Crippen LogP contribution in [0.25, 0.3) is 147 Å². The van der Waals surface area contributed by atoms with Gasteiger partial charge in [-0.15, -0.1) is 11.3 Å². The average Bonchev–Trinajstić information content (AvgIpc) is 4.10. The normalized spacial score (nSPS) is 12.1. The largest absolute Gasteiger partial charge is 0.454 e. The van der Waals surface area contributed by atoms with Crippen LogP contribution in [-0.4, -0.2) is 19.5 Å². The van der Waals surface area contributed by atoms with E-state index >= 15 is 0 Å². The lowest BCUT2D eigenvalue weighted by atomic mass is 10.0. The van der Waals surface area contributed by atoms with Gasteiger partial charge in [0, 0.05) is 63.8 Å². The first-order chi connectivity index (χ1) is 34.2. The second-order valence-electron chi connectivity index (χ2n) is 17.9. The van der Waals surface area contributed by atoms with Gasteiger partial charge in [0.25, 0.3) is 0 Å². The lowest BCUT2D eigenvalue weighted by Gasteiger charge is -2.11. The van der Waals surface area contributed by atoms with Crippen LogP contribution in [0.15, 0.2) is 223 Å². The molecule has 11 aromatic carbocycles. The van der Waals surface area contributed by atoms with E-state index in [-0.39, 0.29) is 0 Å². The molecule has 0 amide bonds. The second kappa shape index (κ2) is 14.8. The van der Waals surface area contributed by atoms with E-state index in [2.05, 4.69) is 217 Å². The second-order valence-corrected chi connectivity index (χ2v) is 19.0. The highest BCUT2D eigenvalue weighted by Gasteiger charge is 2.22. The third kappa shape index (κ3) is 5.92. The Morgan fingerprint density at radius 3 is 1.78 bits per heavy atom. The third-order valence-electron chi connectivity index (χ3n) is 14.0. The molecule has 0 aliphatic rings. The van der Waals surface area contributed by atoms with Crippen molar-refractivity contribution in [2.24, 2.45) is 0 Å². The topological polar surface area (TPSA) is 56.7 Å². The van der Waals surface area contributed by atoms with Crippen LogP contribution in [0.2, 0.25) is 0 Å². The van der Waals surface area contributed by atoms with Crippen molar-refractivity contribution in [2.75, 3.05) is 0 Å². The highest BCUT2D eigenvalue weighted by atomic mass is 32.1. The number of thiophene rings is 1. The van der Waals surface area contributed by atoms with Gasteiger partial charge in [-0.05, 0) is 98.7 Å². The number of furan rings is 1. The predicted octanol–water partition coefficient (Wildman–Crippen LogP) is 17.4. The number of hydrogen-bond acceptors (Lipinski definition) is 5. The molecule has 0 aliphatic heterocycles. The van der Waals surface area contributed by atoms with E-state index in [0.29, 0.717) is 17.5 Å². The molecule has 4 aromatic heterocycles. The van der Waals surface area contributed by atoms with E-state index in [0.717, 1.165) is 71.7 Å². The summed E-state index contributed by atoms with van der Waals surface area (Å²) in [5, 5.41) is 14.0. The van der Waals surface area contributed by atoms with Gasteiger partial charge in [-0.2, -0.15) is 0 Å². The minimum Gasteiger partial charge on any atom is -0.454 e. The molecule has 0 saturated carbocycles. The summed E-state index contributed by atoms with van der Waals surface area (Å²) in [4.78, 5) is 15.8. The fourth-order valence-electron chi connectivity index (χ4n) is 10.7. The number of para-hydroxylation sites is 1. The summed E-state index contributed by atoms with van der Waals surface area (Å²) in [5.74, 6) is 1.85. The van der Waals surface area contributed by atoms with Crippen LogP contribution >= 0.6 is 11.3 Å². The first-order valence-corrected chi connectivity index (χ1v) is 24.1. The zero-order chi connectivity index (χ0) is 45.2. The number of nitrogens with zero attached hydrogens (tertiary/aromatic N) is 4. The maximum Gasteiger partial charge on any atom is 0.164 e. The quantitative estimate of drug-likeness (QED) is 0.173. The maximum atomic E-state index is 7.06. The van der Waals surface area contributed by atoms with E-state index in [9.17, 15) is 0 Å². The van der Waals surface area contributed by atoms with E-state index in [4.69, 9.17) is 19.4 Å². The average molecular weight is 897 g/mol. The fourth-order valence-corrected chi connectivity index (χ4v) is 11.8. The number of rotatable bonds is 5. The first kappa shape index (κ1) is 38.2. The van der Waals surface area contributed by atoms with Crippen molar-refractivity contribution in [3.8, 4) is 51.0 Å². The molecule has 0 bridgehead atoms. The standard InChI is InChI=1S/C63H36N4OS/c1-2-12-37(13-3-1)40-17-10-18-43(32-40)61-64-62(66-63(65-61)45-28-31-57-52(35-45)47-20-8-9-23-56(47)69-57)44-25-24-39-27-30-55-58(50(39)34-44)49-21-11-22-53(60(49)68-55)67-54-36-42-16-5-4-15-41(42)33-51(54)48-29-26-38-14-6-7-19-46(38)59(48)67/h1-36H. The number of fused-ring (bicyclic) bond motifs is 14. The Kier molecular flexibility index (Phi) is 8.17. The van der Waals surface area contributed by atoms with Crippen molar-refractivity contribution in [3.63, 3.8) is 0 Å². The summed E-state index contributed by atoms with van der Waals surface area (Å²) in [5.41, 5.74) is 9.97. The van der Waals surface area contributed by atoms with Gasteiger partial charge in [0.15, 0.2) is 23.1 Å². The fraction of sp³-hybridized carbons (Fsp3) is 0. The Balaban J connectivity index is 0.950. The van der Waals surface area contributed by atoms with Gasteiger partial charge in [0.2, 0.25) is 0 Å². The Morgan fingerprint density at radius 2 is 0.942 bits per heavy atom. The van der Waals surface area contributed by atoms with Crippen LogP contribution in [0.4, 0.5) is 0 Å². The monoisotopic (exact) mass is 896 g/mol. The number of hydrogen-bond donors (Lipinski definition) is 0. The lowest BCUT2D eigenvalue weighted by molar-refractivity contribution is 0.666. The van der Waals surface area contributed by atoms with Crippen LogP contribution in [-0.2, 0) is 0 Å². The highest BCUT2D eigenvalue weighted by Crippen LogP contribution is 2.44. The Labute approximate surface area is 398 Å². The molecule has 6 heteroatoms. The van der Waals surface area contributed by atoms with Crippen molar-refractivity contribution < 1.29 is 4.42 Å². The smallest absolute Gasteiger partial charge is 0.164 e. The van der Waals surface area contributed by atoms with Crippen molar-refractivity contribution >= 4 is 108 Å². The minimum absolute atomic E-state index is 0.604. The van der Waals surface area contributed by atoms with Crippen molar-refractivity contribution in [1.29, 1.82) is 0 Å². The molecule has 5 nitrogen and oxygen atoms in total. The van der Waals surface area contributed by atoms with Gasteiger partial charge in [0.1, 0.15) is 5.58 Å². The zero-order valence-electron chi connectivity index (χ0n) is 36.9. The van der Waals surface area contributed by atoms with Gasteiger partial charge in [-0.1, -0.05) is 158 Å². The first-order valence-electron chi connectivity index (χ1n) is 23.2. The SMILES string of the molecule is c1ccc(-c2cccc(-c3nc(-c4ccc5sc6ccccc6c5c4)nc(-c4ccc5ccc6oc7c(-n8c9cc%10ccccc%10cc9c9ccc%10ccccc%10c98)cccc7c6c5c4)n3)c2)cc1. The molecule has 69 heavy (non-hydrogen) atoms. The van der Waals surface area contributed by atoms with Crippen LogP contribution in [0, 0.1) is 0 Å². The van der Waals surface area contributed by atoms with E-state index in [1.807, 2.05) is 17.4 Å². The Morgan fingerprint density at radius 1 is 0.348 bits per heavy atom. The van der Waals surface area contributed by atoms with Crippen molar-refractivity contribution in [1.82, 2.24) is 19.5 Å². The summed E-state index contributed by atoms with van der Waals surface area (Å²) in [6.07, 6.45) is 0. The van der Waals surface area contributed by atoms with Crippen LogP contribution in [0.1, 0.15) is 0 Å². The molecule has 0 spiro atoms. The molecule has 0 N–H and O–H groups in total. The van der Waals surface area contributed by atoms with Gasteiger partial charge >= 0.3 is 0 Å². The molecular formula is C63H36N4OS. The summed E-state index contributed by atoms with van der Waals surface area (Å²) < 4.78 is 12.0. The van der Waals surface area contributed by atoms with Gasteiger partial charge in [0.05, 0.1) is 16.7 Å². The summed E-state index contributed by atoms with van der Waals surface area (Å²) in [6, 6.07) is 78.0. The molecular weight excluding hydrogens is 861 g/mol. The van der Waals surface area contributed by atoms with Crippen molar-refractivity contribution in [2.45, 2.75) is 0 Å². The lowest BCUT2D eigenvalue weighted by Crippen LogP contribution is -2.00. The predicted molar refractivity (Wildman–Crippen MR) is 289 cm³/mol. The van der Waals surface area contributed by atoms with E-state index in [1.54, 1.807) is 0 Å². The Bertz CT molecular complexity index is 4620. The molecule has 0 fully saturated rings. The summed E-state index contributed by atoms with van der Waals surface area (Å²) in [6.45, 7) is 0. The third-order valence-corrected chi connectivity index (χ3v) is 15.1. The summed E-state index contributed by atoms with van der Waals surface area (Å²) in [7, 11) is 0.